The van der Waals surface area contributed by atoms with Crippen molar-refractivity contribution in [3.05, 3.63) is 29.6 Å². The molecule has 1 aromatic carbocycles. The molecule has 116 valence electrons. The number of hydrogen-bond acceptors (Lipinski definition) is 4. The zero-order valence-corrected chi connectivity index (χ0v) is 12.8. The van der Waals surface area contributed by atoms with Crippen LogP contribution in [0.15, 0.2) is 23.1 Å². The molecule has 0 radical (unpaired) electrons. The van der Waals surface area contributed by atoms with E-state index in [0.717, 1.165) is 6.07 Å². The first-order valence-corrected chi connectivity index (χ1v) is 8.14. The molecule has 7 heteroatoms. The Balaban J connectivity index is 2.28. The number of aryl methyl sites for hydroxylation is 1. The fourth-order valence-corrected chi connectivity index (χ4v) is 4.29. The lowest BCUT2D eigenvalue weighted by atomic mass is 10.0. The maximum Gasteiger partial charge on any atom is 0.309 e. The van der Waals surface area contributed by atoms with Gasteiger partial charge in [-0.05, 0) is 43.5 Å². The summed E-state index contributed by atoms with van der Waals surface area (Å²) < 4.78 is 44.3. The van der Waals surface area contributed by atoms with Crippen molar-refractivity contribution in [3.63, 3.8) is 0 Å². The van der Waals surface area contributed by atoms with E-state index in [1.165, 1.54) is 23.5 Å². The van der Waals surface area contributed by atoms with Gasteiger partial charge in [0.1, 0.15) is 5.82 Å². The molecule has 1 aromatic rings. The third-order valence-electron chi connectivity index (χ3n) is 3.67. The van der Waals surface area contributed by atoms with Gasteiger partial charge in [-0.1, -0.05) is 0 Å². The van der Waals surface area contributed by atoms with Crippen LogP contribution in [0.25, 0.3) is 0 Å². The summed E-state index contributed by atoms with van der Waals surface area (Å²) >= 11 is 0. The summed E-state index contributed by atoms with van der Waals surface area (Å²) in [7, 11) is -2.43. The number of hydrogen-bond donors (Lipinski definition) is 0. The predicted octanol–water partition coefficient (Wildman–Crippen LogP) is 1.71. The Kier molecular flexibility index (Phi) is 4.63. The quantitative estimate of drug-likeness (QED) is 0.797. The molecule has 0 bridgehead atoms. The second-order valence-corrected chi connectivity index (χ2v) is 7.04. The summed E-state index contributed by atoms with van der Waals surface area (Å²) in [6, 6.07) is 3.58. The molecular weight excluding hydrogens is 297 g/mol. The standard InChI is InChI=1S/C14H18FNO4S/c1-10-8-12(15)5-6-13(10)21(18,19)16-7-3-4-11(9-16)14(17)20-2/h5-6,8,11H,3-4,7,9H2,1-2H3/t11-/m0/s1. The summed E-state index contributed by atoms with van der Waals surface area (Å²) in [4.78, 5) is 11.7. The Labute approximate surface area is 123 Å². The number of benzene rings is 1. The summed E-state index contributed by atoms with van der Waals surface area (Å²) in [6.45, 7) is 2.01. The molecule has 0 aliphatic carbocycles. The topological polar surface area (TPSA) is 63.7 Å². The van der Waals surface area contributed by atoms with Gasteiger partial charge < -0.3 is 4.74 Å². The minimum Gasteiger partial charge on any atom is -0.469 e. The zero-order chi connectivity index (χ0) is 15.6. The molecule has 0 aromatic heterocycles. The third-order valence-corrected chi connectivity index (χ3v) is 5.70. The van der Waals surface area contributed by atoms with Gasteiger partial charge in [0.15, 0.2) is 0 Å². The van der Waals surface area contributed by atoms with Gasteiger partial charge in [-0.2, -0.15) is 4.31 Å². The fourth-order valence-electron chi connectivity index (χ4n) is 2.56. The Morgan fingerprint density at radius 2 is 2.14 bits per heavy atom. The maximum atomic E-state index is 13.1. The molecule has 1 atom stereocenters. The average Bonchev–Trinajstić information content (AvgIpc) is 2.46. The van der Waals surface area contributed by atoms with E-state index in [9.17, 15) is 17.6 Å². The van der Waals surface area contributed by atoms with Crippen molar-refractivity contribution in [2.75, 3.05) is 20.2 Å². The van der Waals surface area contributed by atoms with E-state index in [1.54, 1.807) is 6.92 Å². The smallest absolute Gasteiger partial charge is 0.309 e. The van der Waals surface area contributed by atoms with Crippen LogP contribution in [-0.2, 0) is 19.6 Å². The highest BCUT2D eigenvalue weighted by atomic mass is 32.2. The summed E-state index contributed by atoms with van der Waals surface area (Å²) in [5.41, 5.74) is 0.357. The highest BCUT2D eigenvalue weighted by Gasteiger charge is 2.34. The number of piperidine rings is 1. The number of carbonyl (C=O) groups is 1. The molecule has 5 nitrogen and oxygen atoms in total. The monoisotopic (exact) mass is 315 g/mol. The third kappa shape index (κ3) is 3.24. The van der Waals surface area contributed by atoms with Crippen LogP contribution in [0.4, 0.5) is 4.39 Å². The molecule has 1 aliphatic heterocycles. The van der Waals surface area contributed by atoms with E-state index < -0.39 is 27.7 Å². The number of esters is 1. The molecule has 2 rings (SSSR count). The molecule has 1 aliphatic rings. The van der Waals surface area contributed by atoms with Crippen molar-refractivity contribution < 1.29 is 22.3 Å². The number of rotatable bonds is 3. The molecule has 0 unspecified atom stereocenters. The molecule has 1 saturated heterocycles. The largest absolute Gasteiger partial charge is 0.469 e. The molecule has 1 fully saturated rings. The van der Waals surface area contributed by atoms with Crippen molar-refractivity contribution in [3.8, 4) is 0 Å². The maximum absolute atomic E-state index is 13.1. The molecule has 0 saturated carbocycles. The van der Waals surface area contributed by atoms with Gasteiger partial charge >= 0.3 is 5.97 Å². The number of nitrogens with zero attached hydrogens (tertiary/aromatic N) is 1. The Morgan fingerprint density at radius 3 is 2.76 bits per heavy atom. The normalized spacial score (nSPS) is 20.2. The van der Waals surface area contributed by atoms with Crippen molar-refractivity contribution in [2.45, 2.75) is 24.7 Å². The Hall–Kier alpha value is -1.47. The van der Waals surface area contributed by atoms with Crippen LogP contribution in [0.3, 0.4) is 0 Å². The van der Waals surface area contributed by atoms with Crippen LogP contribution in [0.5, 0.6) is 0 Å². The minimum absolute atomic E-state index is 0.0782. The highest BCUT2D eigenvalue weighted by molar-refractivity contribution is 7.89. The van der Waals surface area contributed by atoms with Crippen LogP contribution in [0, 0.1) is 18.7 Å². The highest BCUT2D eigenvalue weighted by Crippen LogP contribution is 2.26. The molecule has 1 heterocycles. The number of halogens is 1. The number of carbonyl (C=O) groups excluding carboxylic acids is 1. The Bertz CT molecular complexity index is 644. The van der Waals surface area contributed by atoms with Gasteiger partial charge in [0.2, 0.25) is 10.0 Å². The van der Waals surface area contributed by atoms with Crippen LogP contribution in [0.1, 0.15) is 18.4 Å². The minimum atomic E-state index is -3.73. The molecule has 0 N–H and O–H groups in total. The number of ether oxygens (including phenoxy) is 1. The van der Waals surface area contributed by atoms with Crippen LogP contribution < -0.4 is 0 Å². The lowest BCUT2D eigenvalue weighted by Crippen LogP contribution is -2.42. The van der Waals surface area contributed by atoms with Gasteiger partial charge in [0.25, 0.3) is 0 Å². The lowest BCUT2D eigenvalue weighted by Gasteiger charge is -2.30. The van der Waals surface area contributed by atoms with E-state index in [0.29, 0.717) is 24.9 Å². The number of methoxy groups -OCH3 is 1. The van der Waals surface area contributed by atoms with Crippen LogP contribution in [-0.4, -0.2) is 38.9 Å². The molecule has 0 amide bonds. The van der Waals surface area contributed by atoms with Crippen molar-refractivity contribution in [2.24, 2.45) is 5.92 Å². The first-order valence-electron chi connectivity index (χ1n) is 6.70. The molecule has 0 spiro atoms. The van der Waals surface area contributed by atoms with Crippen molar-refractivity contribution in [1.29, 1.82) is 0 Å². The molecule has 21 heavy (non-hydrogen) atoms. The SMILES string of the molecule is COC(=O)[C@H]1CCCN(S(=O)(=O)c2ccc(F)cc2C)C1. The first-order chi connectivity index (χ1) is 9.86. The van der Waals surface area contributed by atoms with Crippen molar-refractivity contribution >= 4 is 16.0 Å². The van der Waals surface area contributed by atoms with Gasteiger partial charge in [-0.3, -0.25) is 4.79 Å². The molecular formula is C14H18FNO4S. The van der Waals surface area contributed by atoms with E-state index >= 15 is 0 Å². The van der Waals surface area contributed by atoms with Crippen LogP contribution >= 0.6 is 0 Å². The predicted molar refractivity (Wildman–Crippen MR) is 74.6 cm³/mol. The zero-order valence-electron chi connectivity index (χ0n) is 12.0. The lowest BCUT2D eigenvalue weighted by molar-refractivity contribution is -0.146. The van der Waals surface area contributed by atoms with Gasteiger partial charge in [-0.25, -0.2) is 12.8 Å². The van der Waals surface area contributed by atoms with E-state index in [2.05, 4.69) is 4.74 Å². The number of sulfonamides is 1. The first kappa shape index (κ1) is 15.9. The van der Waals surface area contributed by atoms with Crippen LogP contribution in [0.2, 0.25) is 0 Å². The second-order valence-electron chi connectivity index (χ2n) is 5.14. The summed E-state index contributed by atoms with van der Waals surface area (Å²) in [5.74, 6) is -1.32. The van der Waals surface area contributed by atoms with Gasteiger partial charge in [0, 0.05) is 13.1 Å². The fraction of sp³-hybridized carbons (Fsp3) is 0.500. The summed E-state index contributed by atoms with van der Waals surface area (Å²) in [6.07, 6.45) is 1.21. The van der Waals surface area contributed by atoms with Gasteiger partial charge in [-0.15, -0.1) is 0 Å². The van der Waals surface area contributed by atoms with E-state index in [4.69, 9.17) is 0 Å². The van der Waals surface area contributed by atoms with Gasteiger partial charge in [0.05, 0.1) is 17.9 Å². The van der Waals surface area contributed by atoms with E-state index in [1.807, 2.05) is 0 Å². The van der Waals surface area contributed by atoms with Crippen molar-refractivity contribution in [1.82, 2.24) is 4.31 Å². The summed E-state index contributed by atoms with van der Waals surface area (Å²) in [5, 5.41) is 0. The second kappa shape index (κ2) is 6.11. The average molecular weight is 315 g/mol. The Morgan fingerprint density at radius 1 is 1.43 bits per heavy atom. The van der Waals surface area contributed by atoms with E-state index in [-0.39, 0.29) is 11.4 Å².